The lowest BCUT2D eigenvalue weighted by Crippen LogP contribution is -2.29. The van der Waals surface area contributed by atoms with Gasteiger partial charge in [0.05, 0.1) is 35.2 Å². The predicted octanol–water partition coefficient (Wildman–Crippen LogP) is 2.52. The van der Waals surface area contributed by atoms with Crippen LogP contribution in [0.25, 0.3) is 0 Å². The van der Waals surface area contributed by atoms with Gasteiger partial charge in [-0.25, -0.2) is 9.69 Å². The van der Waals surface area contributed by atoms with Gasteiger partial charge in [0.15, 0.2) is 0 Å². The van der Waals surface area contributed by atoms with E-state index in [1.165, 1.54) is 55.6 Å². The third kappa shape index (κ3) is 3.41. The number of aromatic carboxylic acids is 1. The van der Waals surface area contributed by atoms with E-state index < -0.39 is 29.4 Å². The van der Waals surface area contributed by atoms with Crippen LogP contribution in [0.2, 0.25) is 0 Å². The number of anilines is 2. The number of amides is 3. The molecule has 0 saturated carbocycles. The minimum Gasteiger partial charge on any atom is -0.870 e. The first-order valence-corrected chi connectivity index (χ1v) is 9.33. The maximum absolute atomic E-state index is 12.9. The average Bonchev–Trinajstić information content (AvgIpc) is 3.03. The predicted molar refractivity (Wildman–Crippen MR) is 111 cm³/mol. The second kappa shape index (κ2) is 7.88. The number of hydrogen-bond donors (Lipinski definition) is 2. The van der Waals surface area contributed by atoms with Gasteiger partial charge < -0.3 is 20.3 Å². The number of fused-ring (bicyclic) bond motifs is 1. The Morgan fingerprint density at radius 1 is 0.969 bits per heavy atom. The van der Waals surface area contributed by atoms with E-state index in [4.69, 9.17) is 4.74 Å². The highest BCUT2D eigenvalue weighted by molar-refractivity contribution is 6.34. The number of para-hydroxylation sites is 1. The van der Waals surface area contributed by atoms with E-state index in [-0.39, 0.29) is 39.4 Å². The number of nitrogens with zero attached hydrogens (tertiary/aromatic N) is 1. The van der Waals surface area contributed by atoms with E-state index in [1.54, 1.807) is 6.07 Å². The first-order valence-electron chi connectivity index (χ1n) is 9.33. The van der Waals surface area contributed by atoms with Crippen molar-refractivity contribution in [2.24, 2.45) is 0 Å². The lowest BCUT2D eigenvalue weighted by molar-refractivity contribution is -0.270. The number of ether oxygens (including phenoxy) is 1. The lowest BCUT2D eigenvalue weighted by Gasteiger charge is -2.18. The van der Waals surface area contributed by atoms with Crippen molar-refractivity contribution in [2.45, 2.75) is 0 Å². The average molecular weight is 431 g/mol. The SMILES string of the molecule is COc1ccc(N2C(=O)c3ccc(C(=O)Nc4ccccc4C(=O)O)cc3C2=O)cc1[O-]. The number of carboxylic acid groups (broad SMARTS) is 1. The number of benzene rings is 3. The summed E-state index contributed by atoms with van der Waals surface area (Å²) in [5, 5.41) is 23.8. The first kappa shape index (κ1) is 20.6. The number of carbonyl (C=O) groups is 4. The van der Waals surface area contributed by atoms with Crippen LogP contribution in [0.1, 0.15) is 41.4 Å². The highest BCUT2D eigenvalue weighted by atomic mass is 16.5. The van der Waals surface area contributed by atoms with Crippen LogP contribution < -0.4 is 20.1 Å². The third-order valence-electron chi connectivity index (χ3n) is 4.96. The number of imide groups is 1. The summed E-state index contributed by atoms with van der Waals surface area (Å²) >= 11 is 0. The summed E-state index contributed by atoms with van der Waals surface area (Å²) in [6.45, 7) is 0. The van der Waals surface area contributed by atoms with Crippen LogP contribution in [0.4, 0.5) is 11.4 Å². The van der Waals surface area contributed by atoms with Gasteiger partial charge in [0.1, 0.15) is 5.75 Å². The lowest BCUT2D eigenvalue weighted by atomic mass is 10.0. The Labute approximate surface area is 181 Å². The molecular formula is C23H15N2O7-. The number of carboxylic acids is 1. The van der Waals surface area contributed by atoms with Crippen molar-refractivity contribution in [1.29, 1.82) is 0 Å². The molecule has 3 aromatic rings. The summed E-state index contributed by atoms with van der Waals surface area (Å²) in [6, 6.07) is 13.7. The fourth-order valence-electron chi connectivity index (χ4n) is 3.39. The molecule has 0 saturated heterocycles. The number of carbonyl (C=O) groups excluding carboxylic acids is 3. The minimum absolute atomic E-state index is 0.00237. The normalized spacial score (nSPS) is 12.5. The molecule has 0 unspecified atom stereocenters. The van der Waals surface area contributed by atoms with E-state index >= 15 is 0 Å². The maximum atomic E-state index is 12.9. The van der Waals surface area contributed by atoms with Gasteiger partial charge in [-0.2, -0.15) is 0 Å². The Kier molecular flexibility index (Phi) is 5.07. The van der Waals surface area contributed by atoms with Gasteiger partial charge in [-0.05, 0) is 48.5 Å². The van der Waals surface area contributed by atoms with Crippen molar-refractivity contribution in [1.82, 2.24) is 0 Å². The Bertz CT molecular complexity index is 1300. The molecule has 4 rings (SSSR count). The molecule has 0 radical (unpaired) electrons. The molecule has 0 atom stereocenters. The van der Waals surface area contributed by atoms with Crippen LogP contribution in [-0.4, -0.2) is 35.9 Å². The van der Waals surface area contributed by atoms with Crippen LogP contribution >= 0.6 is 0 Å². The Balaban J connectivity index is 1.64. The Morgan fingerprint density at radius 2 is 1.69 bits per heavy atom. The van der Waals surface area contributed by atoms with E-state index in [0.717, 1.165) is 11.0 Å². The van der Waals surface area contributed by atoms with Crippen molar-refractivity contribution in [2.75, 3.05) is 17.3 Å². The van der Waals surface area contributed by atoms with Gasteiger partial charge in [-0.3, -0.25) is 14.4 Å². The van der Waals surface area contributed by atoms with Crippen LogP contribution in [0.5, 0.6) is 11.5 Å². The molecule has 2 N–H and O–H groups in total. The van der Waals surface area contributed by atoms with Gasteiger partial charge >= 0.3 is 5.97 Å². The maximum Gasteiger partial charge on any atom is 0.337 e. The van der Waals surface area contributed by atoms with Crippen molar-refractivity contribution < 1.29 is 34.1 Å². The van der Waals surface area contributed by atoms with Crippen LogP contribution in [0, 0.1) is 0 Å². The number of rotatable bonds is 5. The summed E-state index contributed by atoms with van der Waals surface area (Å²) < 4.78 is 4.91. The summed E-state index contributed by atoms with van der Waals surface area (Å²) in [5.41, 5.74) is 0.232. The summed E-state index contributed by atoms with van der Waals surface area (Å²) in [5.74, 6) is -3.58. The van der Waals surface area contributed by atoms with Crippen molar-refractivity contribution in [3.63, 3.8) is 0 Å². The third-order valence-corrected chi connectivity index (χ3v) is 4.96. The van der Waals surface area contributed by atoms with E-state index in [9.17, 15) is 29.4 Å². The molecule has 160 valence electrons. The van der Waals surface area contributed by atoms with E-state index in [1.807, 2.05) is 0 Å². The van der Waals surface area contributed by atoms with Gasteiger partial charge in [0.2, 0.25) is 0 Å². The zero-order valence-corrected chi connectivity index (χ0v) is 16.6. The standard InChI is InChI=1S/C23H16N2O7/c1-32-19-9-7-13(11-18(19)26)25-21(28)14-8-6-12(10-16(14)22(25)29)20(27)24-17-5-3-2-4-15(17)23(30)31/h2-11,26H,1H3,(H,24,27)(H,30,31)/p-1. The largest absolute Gasteiger partial charge is 0.870 e. The molecule has 3 amide bonds. The second-order valence-electron chi connectivity index (χ2n) is 6.85. The highest BCUT2D eigenvalue weighted by Gasteiger charge is 2.37. The molecule has 1 aliphatic rings. The number of methoxy groups -OCH3 is 1. The molecule has 1 heterocycles. The second-order valence-corrected chi connectivity index (χ2v) is 6.85. The molecule has 0 bridgehead atoms. The molecule has 0 aromatic heterocycles. The molecule has 0 spiro atoms. The summed E-state index contributed by atoms with van der Waals surface area (Å²) in [7, 11) is 1.33. The highest BCUT2D eigenvalue weighted by Crippen LogP contribution is 2.33. The molecule has 3 aromatic carbocycles. The smallest absolute Gasteiger partial charge is 0.337 e. The van der Waals surface area contributed by atoms with E-state index in [2.05, 4.69) is 5.32 Å². The number of hydrogen-bond acceptors (Lipinski definition) is 6. The minimum atomic E-state index is -1.21. The zero-order chi connectivity index (χ0) is 23.0. The summed E-state index contributed by atoms with van der Waals surface area (Å²) in [4.78, 5) is 50.6. The van der Waals surface area contributed by atoms with Gasteiger partial charge in [0.25, 0.3) is 17.7 Å². The number of nitrogens with one attached hydrogen (secondary N) is 1. The Morgan fingerprint density at radius 3 is 2.38 bits per heavy atom. The topological polar surface area (TPSA) is 136 Å². The molecule has 1 aliphatic heterocycles. The van der Waals surface area contributed by atoms with Crippen LogP contribution in [-0.2, 0) is 0 Å². The fourth-order valence-corrected chi connectivity index (χ4v) is 3.39. The van der Waals surface area contributed by atoms with Gasteiger partial charge in [0, 0.05) is 5.56 Å². The van der Waals surface area contributed by atoms with Gasteiger partial charge in [-0.15, -0.1) is 0 Å². The molecule has 0 aliphatic carbocycles. The first-order chi connectivity index (χ1) is 15.3. The van der Waals surface area contributed by atoms with E-state index in [0.29, 0.717) is 0 Å². The van der Waals surface area contributed by atoms with Crippen molar-refractivity contribution in [3.8, 4) is 11.5 Å². The van der Waals surface area contributed by atoms with Crippen LogP contribution in [0.3, 0.4) is 0 Å². The van der Waals surface area contributed by atoms with Gasteiger partial charge in [-0.1, -0.05) is 17.9 Å². The molecule has 0 fully saturated rings. The van der Waals surface area contributed by atoms with Crippen LogP contribution in [0.15, 0.2) is 60.7 Å². The summed E-state index contributed by atoms with van der Waals surface area (Å²) in [6.07, 6.45) is 0. The fraction of sp³-hybridized carbons (Fsp3) is 0.0435. The molecule has 9 nitrogen and oxygen atoms in total. The van der Waals surface area contributed by atoms with Crippen molar-refractivity contribution >= 4 is 35.1 Å². The molecule has 32 heavy (non-hydrogen) atoms. The Hall–Kier alpha value is -4.66. The monoisotopic (exact) mass is 431 g/mol. The molecule has 9 heteroatoms. The molecular weight excluding hydrogens is 416 g/mol. The quantitative estimate of drug-likeness (QED) is 0.593. The van der Waals surface area contributed by atoms with Crippen molar-refractivity contribution in [3.05, 3.63) is 82.9 Å². The zero-order valence-electron chi connectivity index (χ0n) is 16.6.